The molecule has 1 aliphatic heterocycles. The normalized spacial score (nSPS) is 17.2. The van der Waals surface area contributed by atoms with Crippen molar-refractivity contribution in [2.24, 2.45) is 5.92 Å². The van der Waals surface area contributed by atoms with Gasteiger partial charge in [-0.1, -0.05) is 0 Å². The number of carbonyl (C=O) groups excluding carboxylic acids is 2. The number of likely N-dealkylation sites (tertiary alicyclic amines) is 1. The van der Waals surface area contributed by atoms with Crippen LogP contribution >= 0.6 is 22.7 Å². The minimum Gasteiger partial charge on any atom is -0.444 e. The Morgan fingerprint density at radius 1 is 1.34 bits per heavy atom. The number of carbonyl (C=O) groups is 2. The molecule has 0 aromatic carbocycles. The number of amides is 2. The van der Waals surface area contributed by atoms with Crippen molar-refractivity contribution in [1.82, 2.24) is 14.8 Å². The lowest BCUT2D eigenvalue weighted by molar-refractivity contribution is -0.132. The average molecular weight is 436 g/mol. The summed E-state index contributed by atoms with van der Waals surface area (Å²) in [5.41, 5.74) is 1.44. The summed E-state index contributed by atoms with van der Waals surface area (Å²) >= 11 is 3.22. The summed E-state index contributed by atoms with van der Waals surface area (Å²) in [7, 11) is 1.76. The molecular weight excluding hydrogens is 406 g/mol. The summed E-state index contributed by atoms with van der Waals surface area (Å²) in [4.78, 5) is 33.2. The van der Waals surface area contributed by atoms with Crippen LogP contribution in [0.1, 0.15) is 39.3 Å². The van der Waals surface area contributed by atoms with Crippen LogP contribution in [0, 0.1) is 5.92 Å². The summed E-state index contributed by atoms with van der Waals surface area (Å²) in [5.74, 6) is 0.374. The van der Waals surface area contributed by atoms with Crippen molar-refractivity contribution in [1.29, 1.82) is 0 Å². The number of hydrogen-bond acceptors (Lipinski definition) is 6. The zero-order valence-corrected chi connectivity index (χ0v) is 19.1. The fraction of sp³-hybridized carbons (Fsp3) is 0.571. The van der Waals surface area contributed by atoms with Gasteiger partial charge in [0.1, 0.15) is 10.6 Å². The number of thiazole rings is 1. The molecule has 2 aromatic heterocycles. The van der Waals surface area contributed by atoms with E-state index in [1.807, 2.05) is 42.5 Å². The fourth-order valence-electron chi connectivity index (χ4n) is 3.42. The monoisotopic (exact) mass is 435 g/mol. The van der Waals surface area contributed by atoms with Gasteiger partial charge in [0, 0.05) is 43.0 Å². The Morgan fingerprint density at radius 2 is 2.14 bits per heavy atom. The Balaban J connectivity index is 1.52. The number of rotatable bonds is 5. The topological polar surface area (TPSA) is 62.7 Å². The second-order valence-electron chi connectivity index (χ2n) is 8.54. The third kappa shape index (κ3) is 6.27. The van der Waals surface area contributed by atoms with Crippen molar-refractivity contribution in [2.45, 2.75) is 45.6 Å². The minimum absolute atomic E-state index is 0.108. The molecule has 158 valence electrons. The Labute approximate surface area is 180 Å². The molecule has 0 spiro atoms. The second kappa shape index (κ2) is 9.26. The maximum absolute atomic E-state index is 12.8. The Kier molecular flexibility index (Phi) is 6.95. The van der Waals surface area contributed by atoms with E-state index >= 15 is 0 Å². The van der Waals surface area contributed by atoms with Crippen molar-refractivity contribution in [2.75, 3.05) is 26.7 Å². The lowest BCUT2D eigenvalue weighted by Crippen LogP contribution is -2.45. The third-order valence-corrected chi connectivity index (χ3v) is 6.38. The van der Waals surface area contributed by atoms with Gasteiger partial charge in [-0.15, -0.1) is 11.3 Å². The molecule has 3 rings (SSSR count). The Hall–Kier alpha value is -1.93. The molecule has 1 aliphatic rings. The molecule has 2 amide bonds. The first-order valence-electron chi connectivity index (χ1n) is 9.90. The fourth-order valence-corrected chi connectivity index (χ4v) is 4.95. The van der Waals surface area contributed by atoms with Crippen molar-refractivity contribution >= 4 is 34.7 Å². The van der Waals surface area contributed by atoms with Gasteiger partial charge in [-0.3, -0.25) is 4.79 Å². The van der Waals surface area contributed by atoms with Crippen LogP contribution < -0.4 is 0 Å². The zero-order chi connectivity index (χ0) is 21.0. The van der Waals surface area contributed by atoms with Crippen LogP contribution in [0.3, 0.4) is 0 Å². The highest BCUT2D eigenvalue weighted by Crippen LogP contribution is 2.26. The standard InChI is InChI=1S/C21H29N3O3S2/c1-21(2,3)27-20(26)23(4)11-15-6-5-8-24(12-15)18(25)10-17-14-29-19(22-17)16-7-9-28-13-16/h7,9,13-15H,5-6,8,10-12H2,1-4H3. The molecule has 29 heavy (non-hydrogen) atoms. The summed E-state index contributed by atoms with van der Waals surface area (Å²) in [6.07, 6.45) is 1.98. The highest BCUT2D eigenvalue weighted by atomic mass is 32.1. The molecular formula is C21H29N3O3S2. The van der Waals surface area contributed by atoms with Crippen molar-refractivity contribution in [3.8, 4) is 10.6 Å². The van der Waals surface area contributed by atoms with Crippen LogP contribution in [0.5, 0.6) is 0 Å². The lowest BCUT2D eigenvalue weighted by atomic mass is 9.97. The molecule has 6 nitrogen and oxygen atoms in total. The molecule has 1 saturated heterocycles. The number of aromatic nitrogens is 1. The van der Waals surface area contributed by atoms with E-state index in [9.17, 15) is 9.59 Å². The molecule has 0 saturated carbocycles. The maximum atomic E-state index is 12.8. The first-order chi connectivity index (χ1) is 13.7. The van der Waals surface area contributed by atoms with Crippen LogP contribution in [-0.4, -0.2) is 59.1 Å². The highest BCUT2D eigenvalue weighted by molar-refractivity contribution is 7.14. The van der Waals surface area contributed by atoms with Crippen molar-refractivity contribution in [3.63, 3.8) is 0 Å². The van der Waals surface area contributed by atoms with E-state index in [4.69, 9.17) is 4.74 Å². The highest BCUT2D eigenvalue weighted by Gasteiger charge is 2.27. The van der Waals surface area contributed by atoms with Gasteiger partial charge in [-0.25, -0.2) is 9.78 Å². The molecule has 3 heterocycles. The van der Waals surface area contributed by atoms with E-state index in [-0.39, 0.29) is 17.9 Å². The molecule has 1 atom stereocenters. The number of nitrogens with zero attached hydrogens (tertiary/aromatic N) is 3. The van der Waals surface area contributed by atoms with Crippen LogP contribution in [0.4, 0.5) is 4.79 Å². The molecule has 0 aliphatic carbocycles. The summed E-state index contributed by atoms with van der Waals surface area (Å²) in [5, 5.41) is 7.04. The smallest absolute Gasteiger partial charge is 0.410 e. The summed E-state index contributed by atoms with van der Waals surface area (Å²) in [6.45, 7) is 7.63. The van der Waals surface area contributed by atoms with E-state index in [2.05, 4.69) is 10.4 Å². The van der Waals surface area contributed by atoms with Gasteiger partial charge in [0.25, 0.3) is 0 Å². The largest absolute Gasteiger partial charge is 0.444 e. The molecule has 2 aromatic rings. The number of hydrogen-bond donors (Lipinski definition) is 0. The van der Waals surface area contributed by atoms with Gasteiger partial charge < -0.3 is 14.5 Å². The molecule has 0 bridgehead atoms. The lowest BCUT2D eigenvalue weighted by Gasteiger charge is -2.35. The van der Waals surface area contributed by atoms with Crippen LogP contribution in [0.25, 0.3) is 10.6 Å². The molecule has 1 unspecified atom stereocenters. The second-order valence-corrected chi connectivity index (χ2v) is 10.2. The molecule has 0 radical (unpaired) electrons. The van der Waals surface area contributed by atoms with E-state index < -0.39 is 5.60 Å². The molecule has 8 heteroatoms. The van der Waals surface area contributed by atoms with Crippen LogP contribution in [0.2, 0.25) is 0 Å². The van der Waals surface area contributed by atoms with Gasteiger partial charge in [0.15, 0.2) is 0 Å². The third-order valence-electron chi connectivity index (χ3n) is 4.76. The van der Waals surface area contributed by atoms with Crippen molar-refractivity contribution < 1.29 is 14.3 Å². The van der Waals surface area contributed by atoms with E-state index in [0.29, 0.717) is 19.5 Å². The van der Waals surface area contributed by atoms with Crippen LogP contribution in [0.15, 0.2) is 22.2 Å². The Morgan fingerprint density at radius 3 is 2.83 bits per heavy atom. The first-order valence-corrected chi connectivity index (χ1v) is 11.7. The Bertz CT molecular complexity index is 827. The van der Waals surface area contributed by atoms with Gasteiger partial charge in [-0.05, 0) is 51.0 Å². The summed E-state index contributed by atoms with van der Waals surface area (Å²) in [6, 6.07) is 2.05. The number of piperidine rings is 1. The van der Waals surface area contributed by atoms with Crippen molar-refractivity contribution in [3.05, 3.63) is 27.9 Å². The zero-order valence-electron chi connectivity index (χ0n) is 17.5. The number of thiophene rings is 1. The van der Waals surface area contributed by atoms with Gasteiger partial charge >= 0.3 is 6.09 Å². The van der Waals surface area contributed by atoms with Gasteiger partial charge in [0.2, 0.25) is 5.91 Å². The summed E-state index contributed by atoms with van der Waals surface area (Å²) < 4.78 is 5.43. The van der Waals surface area contributed by atoms with Gasteiger partial charge in [0.05, 0.1) is 12.1 Å². The van der Waals surface area contributed by atoms with Gasteiger partial charge in [-0.2, -0.15) is 11.3 Å². The predicted molar refractivity (Wildman–Crippen MR) is 117 cm³/mol. The minimum atomic E-state index is -0.505. The SMILES string of the molecule is CN(CC1CCCN(C(=O)Cc2csc(-c3ccsc3)n2)C1)C(=O)OC(C)(C)C. The van der Waals surface area contributed by atoms with E-state index in [1.54, 1.807) is 34.6 Å². The predicted octanol–water partition coefficient (Wildman–Crippen LogP) is 4.52. The first kappa shape index (κ1) is 21.8. The molecule has 0 N–H and O–H groups in total. The van der Waals surface area contributed by atoms with E-state index in [0.717, 1.165) is 35.7 Å². The number of ether oxygens (including phenoxy) is 1. The van der Waals surface area contributed by atoms with E-state index in [1.165, 1.54) is 0 Å². The van der Waals surface area contributed by atoms with Crippen LogP contribution in [-0.2, 0) is 16.0 Å². The molecule has 1 fully saturated rings. The quantitative estimate of drug-likeness (QED) is 0.693. The average Bonchev–Trinajstić information content (AvgIpc) is 3.32. The maximum Gasteiger partial charge on any atom is 0.410 e.